The van der Waals surface area contributed by atoms with E-state index in [0.29, 0.717) is 18.5 Å². The van der Waals surface area contributed by atoms with E-state index in [2.05, 4.69) is 35.4 Å². The zero-order valence-electron chi connectivity index (χ0n) is 13.1. The zero-order valence-corrected chi connectivity index (χ0v) is 13.9. The maximum absolute atomic E-state index is 12.2. The van der Waals surface area contributed by atoms with E-state index in [1.807, 2.05) is 25.2 Å². The van der Waals surface area contributed by atoms with E-state index in [4.69, 9.17) is 0 Å². The largest absolute Gasteiger partial charge is 0.325 e. The molecule has 0 saturated carbocycles. The molecule has 21 heavy (non-hydrogen) atoms. The second-order valence-corrected chi connectivity index (χ2v) is 5.85. The van der Waals surface area contributed by atoms with E-state index in [1.165, 1.54) is 5.56 Å². The topological polar surface area (TPSA) is 44.4 Å². The first-order valence-electron chi connectivity index (χ1n) is 7.37. The maximum Gasteiger partial charge on any atom is 0.238 e. The average molecular weight is 312 g/mol. The van der Waals surface area contributed by atoms with Crippen LogP contribution in [0.4, 0.5) is 5.69 Å². The lowest BCUT2D eigenvalue weighted by Crippen LogP contribution is -2.39. The maximum atomic E-state index is 12.2. The molecule has 5 heteroatoms. The van der Waals surface area contributed by atoms with Crippen molar-refractivity contribution in [2.75, 3.05) is 32.0 Å². The molecular formula is C16H26ClN3O. The number of hydrogen-bond donors (Lipinski definition) is 2. The van der Waals surface area contributed by atoms with Gasteiger partial charge in [0.1, 0.15) is 0 Å². The molecule has 0 bridgehead atoms. The second-order valence-electron chi connectivity index (χ2n) is 5.85. The van der Waals surface area contributed by atoms with Crippen molar-refractivity contribution in [3.8, 4) is 0 Å². The van der Waals surface area contributed by atoms with Crippen molar-refractivity contribution in [2.24, 2.45) is 0 Å². The summed E-state index contributed by atoms with van der Waals surface area (Å²) in [7, 11) is 2.02. The highest BCUT2D eigenvalue weighted by Crippen LogP contribution is 2.23. The van der Waals surface area contributed by atoms with Crippen LogP contribution in [0.5, 0.6) is 0 Å². The first-order chi connectivity index (χ1) is 9.58. The predicted molar refractivity (Wildman–Crippen MR) is 90.3 cm³/mol. The molecule has 1 fully saturated rings. The number of hydrogen-bond acceptors (Lipinski definition) is 3. The number of likely N-dealkylation sites (N-methyl/N-ethyl adjacent to an activating group) is 1. The van der Waals surface area contributed by atoms with E-state index >= 15 is 0 Å². The van der Waals surface area contributed by atoms with Gasteiger partial charge in [0, 0.05) is 18.3 Å². The first-order valence-corrected chi connectivity index (χ1v) is 7.37. The van der Waals surface area contributed by atoms with Gasteiger partial charge in [-0.15, -0.1) is 12.4 Å². The third-order valence-electron chi connectivity index (χ3n) is 3.91. The number of carbonyl (C=O) groups is 1. The van der Waals surface area contributed by atoms with Gasteiger partial charge in [-0.3, -0.25) is 9.69 Å². The molecule has 1 aliphatic heterocycles. The van der Waals surface area contributed by atoms with Gasteiger partial charge in [-0.05, 0) is 37.6 Å². The number of nitrogens with one attached hydrogen (secondary N) is 2. The summed E-state index contributed by atoms with van der Waals surface area (Å²) in [6.45, 7) is 6.75. The standard InChI is InChI=1S/C16H25N3O.ClH/c1-12(2)14-6-4-5-7-15(14)18-16(20)11-19(3)13-8-9-17-10-13;/h4-7,12-13,17H,8-11H2,1-3H3,(H,18,20);1H. The minimum atomic E-state index is 0. The Morgan fingerprint density at radius 1 is 1.43 bits per heavy atom. The molecule has 0 aliphatic carbocycles. The van der Waals surface area contributed by atoms with Crippen molar-refractivity contribution in [3.63, 3.8) is 0 Å². The summed E-state index contributed by atoms with van der Waals surface area (Å²) in [6.07, 6.45) is 1.12. The van der Waals surface area contributed by atoms with E-state index in [9.17, 15) is 4.79 Å². The monoisotopic (exact) mass is 311 g/mol. The molecule has 1 aliphatic rings. The molecule has 2 rings (SSSR count). The van der Waals surface area contributed by atoms with Crippen molar-refractivity contribution in [3.05, 3.63) is 29.8 Å². The number of amides is 1. The third kappa shape index (κ3) is 4.99. The van der Waals surface area contributed by atoms with Crippen LogP contribution in [0.3, 0.4) is 0 Å². The van der Waals surface area contributed by atoms with Gasteiger partial charge in [0.05, 0.1) is 6.54 Å². The van der Waals surface area contributed by atoms with Crippen LogP contribution in [-0.2, 0) is 4.79 Å². The van der Waals surface area contributed by atoms with Gasteiger partial charge in [0.2, 0.25) is 5.91 Å². The number of halogens is 1. The summed E-state index contributed by atoms with van der Waals surface area (Å²) < 4.78 is 0. The van der Waals surface area contributed by atoms with Crippen molar-refractivity contribution in [2.45, 2.75) is 32.2 Å². The lowest BCUT2D eigenvalue weighted by molar-refractivity contribution is -0.117. The Bertz CT molecular complexity index is 459. The Kier molecular flexibility index (Phi) is 7.15. The fourth-order valence-corrected chi connectivity index (χ4v) is 2.68. The SMILES string of the molecule is CC(C)c1ccccc1NC(=O)CN(C)C1CCNC1.Cl. The van der Waals surface area contributed by atoms with Crippen LogP contribution in [-0.4, -0.2) is 43.5 Å². The Labute approximate surface area is 133 Å². The van der Waals surface area contributed by atoms with Gasteiger partial charge in [-0.1, -0.05) is 32.0 Å². The smallest absolute Gasteiger partial charge is 0.238 e. The Balaban J connectivity index is 0.00000220. The lowest BCUT2D eigenvalue weighted by Gasteiger charge is -2.23. The third-order valence-corrected chi connectivity index (χ3v) is 3.91. The zero-order chi connectivity index (χ0) is 14.5. The van der Waals surface area contributed by atoms with Gasteiger partial charge < -0.3 is 10.6 Å². The molecule has 0 aromatic heterocycles. The van der Waals surface area contributed by atoms with Crippen LogP contribution in [0, 0.1) is 0 Å². The van der Waals surface area contributed by atoms with Gasteiger partial charge in [0.15, 0.2) is 0 Å². The molecule has 1 aromatic rings. The number of benzene rings is 1. The number of para-hydroxylation sites is 1. The molecule has 4 nitrogen and oxygen atoms in total. The van der Waals surface area contributed by atoms with Crippen LogP contribution >= 0.6 is 12.4 Å². The van der Waals surface area contributed by atoms with Crippen LogP contribution in [0.2, 0.25) is 0 Å². The summed E-state index contributed by atoms with van der Waals surface area (Å²) in [5, 5.41) is 6.37. The molecule has 0 radical (unpaired) electrons. The van der Waals surface area contributed by atoms with E-state index in [0.717, 1.165) is 25.2 Å². The molecule has 2 N–H and O–H groups in total. The molecule has 1 unspecified atom stereocenters. The van der Waals surface area contributed by atoms with Crippen LogP contribution < -0.4 is 10.6 Å². The molecule has 1 heterocycles. The highest BCUT2D eigenvalue weighted by Gasteiger charge is 2.21. The lowest BCUT2D eigenvalue weighted by atomic mass is 10.0. The summed E-state index contributed by atoms with van der Waals surface area (Å²) in [6, 6.07) is 8.50. The van der Waals surface area contributed by atoms with Crippen LogP contribution in [0.15, 0.2) is 24.3 Å². The summed E-state index contributed by atoms with van der Waals surface area (Å²) in [5.41, 5.74) is 2.12. The van der Waals surface area contributed by atoms with Crippen LogP contribution in [0.25, 0.3) is 0 Å². The van der Waals surface area contributed by atoms with Crippen molar-refractivity contribution in [1.82, 2.24) is 10.2 Å². The van der Waals surface area contributed by atoms with Gasteiger partial charge in [-0.25, -0.2) is 0 Å². The highest BCUT2D eigenvalue weighted by atomic mass is 35.5. The predicted octanol–water partition coefficient (Wildman–Crippen LogP) is 2.46. The molecule has 1 atom stereocenters. The molecule has 118 valence electrons. The fraction of sp³-hybridized carbons (Fsp3) is 0.562. The van der Waals surface area contributed by atoms with E-state index in [1.54, 1.807) is 0 Å². The quantitative estimate of drug-likeness (QED) is 0.878. The minimum absolute atomic E-state index is 0. The van der Waals surface area contributed by atoms with E-state index < -0.39 is 0 Å². The van der Waals surface area contributed by atoms with Crippen molar-refractivity contribution >= 4 is 24.0 Å². The van der Waals surface area contributed by atoms with Crippen molar-refractivity contribution in [1.29, 1.82) is 0 Å². The molecule has 0 spiro atoms. The number of rotatable bonds is 5. The van der Waals surface area contributed by atoms with E-state index in [-0.39, 0.29) is 18.3 Å². The van der Waals surface area contributed by atoms with Gasteiger partial charge >= 0.3 is 0 Å². The number of carbonyl (C=O) groups excluding carboxylic acids is 1. The number of anilines is 1. The highest BCUT2D eigenvalue weighted by molar-refractivity contribution is 5.93. The Morgan fingerprint density at radius 3 is 2.76 bits per heavy atom. The van der Waals surface area contributed by atoms with Crippen molar-refractivity contribution < 1.29 is 4.79 Å². The van der Waals surface area contributed by atoms with Gasteiger partial charge in [-0.2, -0.15) is 0 Å². The molecular weight excluding hydrogens is 286 g/mol. The number of nitrogens with zero attached hydrogens (tertiary/aromatic N) is 1. The summed E-state index contributed by atoms with van der Waals surface area (Å²) in [5.74, 6) is 0.468. The Morgan fingerprint density at radius 2 is 2.14 bits per heavy atom. The normalized spacial score (nSPS) is 17.9. The fourth-order valence-electron chi connectivity index (χ4n) is 2.68. The molecule has 1 aromatic carbocycles. The first kappa shape index (κ1) is 18.0. The van der Waals surface area contributed by atoms with Gasteiger partial charge in [0.25, 0.3) is 0 Å². The average Bonchev–Trinajstić information content (AvgIpc) is 2.92. The molecule has 1 saturated heterocycles. The minimum Gasteiger partial charge on any atom is -0.325 e. The molecule has 1 amide bonds. The summed E-state index contributed by atoms with van der Waals surface area (Å²) in [4.78, 5) is 14.3. The second kappa shape index (κ2) is 8.37. The Hall–Kier alpha value is -1.10. The summed E-state index contributed by atoms with van der Waals surface area (Å²) >= 11 is 0. The van der Waals surface area contributed by atoms with Crippen LogP contribution in [0.1, 0.15) is 31.7 Å².